The number of aromatic amines is 1. The Balaban J connectivity index is 1.55. The van der Waals surface area contributed by atoms with Crippen LogP contribution in [0, 0.1) is 0 Å². The Kier molecular flexibility index (Phi) is 5.10. The van der Waals surface area contributed by atoms with Gasteiger partial charge < -0.3 is 0 Å². The molecule has 1 N–H and O–H groups in total. The summed E-state index contributed by atoms with van der Waals surface area (Å²) in [5, 5.41) is 7.20. The van der Waals surface area contributed by atoms with Crippen molar-refractivity contribution in [2.75, 3.05) is 6.54 Å². The number of amides is 2. The maximum absolute atomic E-state index is 13.1. The third kappa shape index (κ3) is 3.82. The van der Waals surface area contributed by atoms with Gasteiger partial charge in [-0.3, -0.25) is 19.1 Å². The number of likely N-dealkylation sites (tertiary alicyclic amines) is 1. The molecule has 1 saturated heterocycles. The van der Waals surface area contributed by atoms with E-state index in [0.717, 1.165) is 25.7 Å². The summed E-state index contributed by atoms with van der Waals surface area (Å²) in [6.07, 6.45) is 4.16. The maximum atomic E-state index is 13.1. The SMILES string of the molecule is O=C(c1ccc(Cl)cc1)N1CCCC[C@H](Sc2n[nH]c(=O)n2C2CC2)C1=O. The van der Waals surface area contributed by atoms with Crippen molar-refractivity contribution >= 4 is 35.2 Å². The molecule has 2 aromatic rings. The minimum atomic E-state index is -0.434. The molecule has 142 valence electrons. The Morgan fingerprint density at radius 3 is 2.59 bits per heavy atom. The van der Waals surface area contributed by atoms with Crippen LogP contribution in [-0.2, 0) is 4.79 Å². The molecule has 2 heterocycles. The van der Waals surface area contributed by atoms with Crippen molar-refractivity contribution < 1.29 is 9.59 Å². The van der Waals surface area contributed by atoms with Gasteiger partial charge in [0.1, 0.15) is 0 Å². The number of aromatic nitrogens is 3. The first kappa shape index (κ1) is 18.3. The molecular formula is C18H19ClN4O3S. The summed E-state index contributed by atoms with van der Waals surface area (Å²) < 4.78 is 1.63. The van der Waals surface area contributed by atoms with Gasteiger partial charge in [-0.1, -0.05) is 29.8 Å². The molecule has 0 radical (unpaired) electrons. The fourth-order valence-corrected chi connectivity index (χ4v) is 4.56. The summed E-state index contributed by atoms with van der Waals surface area (Å²) in [6.45, 7) is 0.396. The van der Waals surface area contributed by atoms with Gasteiger partial charge in [0.25, 0.3) is 5.91 Å². The van der Waals surface area contributed by atoms with Crippen molar-refractivity contribution in [3.8, 4) is 0 Å². The second-order valence-electron chi connectivity index (χ2n) is 6.82. The van der Waals surface area contributed by atoms with Gasteiger partial charge >= 0.3 is 5.69 Å². The molecule has 2 amide bonds. The second-order valence-corrected chi connectivity index (χ2v) is 8.42. The van der Waals surface area contributed by atoms with Gasteiger partial charge in [0.05, 0.1) is 5.25 Å². The van der Waals surface area contributed by atoms with E-state index in [9.17, 15) is 14.4 Å². The van der Waals surface area contributed by atoms with Crippen LogP contribution < -0.4 is 5.69 Å². The molecule has 1 atom stereocenters. The highest BCUT2D eigenvalue weighted by Crippen LogP contribution is 2.38. The van der Waals surface area contributed by atoms with Crippen LogP contribution in [0.1, 0.15) is 48.5 Å². The number of carbonyl (C=O) groups excluding carboxylic acids is 2. The minimum Gasteiger partial charge on any atom is -0.278 e. The van der Waals surface area contributed by atoms with E-state index in [0.29, 0.717) is 28.7 Å². The smallest absolute Gasteiger partial charge is 0.278 e. The summed E-state index contributed by atoms with van der Waals surface area (Å²) >= 11 is 7.16. The summed E-state index contributed by atoms with van der Waals surface area (Å²) in [5.41, 5.74) is 0.197. The van der Waals surface area contributed by atoms with Crippen LogP contribution in [0.25, 0.3) is 0 Å². The Hall–Kier alpha value is -2.06. The zero-order valence-corrected chi connectivity index (χ0v) is 16.1. The molecule has 2 aliphatic rings. The summed E-state index contributed by atoms with van der Waals surface area (Å²) in [6, 6.07) is 6.71. The number of halogens is 1. The van der Waals surface area contributed by atoms with Crippen molar-refractivity contribution in [2.45, 2.75) is 48.6 Å². The van der Waals surface area contributed by atoms with E-state index >= 15 is 0 Å². The highest BCUT2D eigenvalue weighted by molar-refractivity contribution is 8.00. The van der Waals surface area contributed by atoms with E-state index in [2.05, 4.69) is 10.2 Å². The fraction of sp³-hybridized carbons (Fsp3) is 0.444. The summed E-state index contributed by atoms with van der Waals surface area (Å²) in [7, 11) is 0. The largest absolute Gasteiger partial charge is 0.344 e. The van der Waals surface area contributed by atoms with E-state index in [4.69, 9.17) is 11.6 Å². The van der Waals surface area contributed by atoms with Gasteiger partial charge in [-0.05, 0) is 49.9 Å². The van der Waals surface area contributed by atoms with Gasteiger partial charge in [-0.15, -0.1) is 5.10 Å². The lowest BCUT2D eigenvalue weighted by molar-refractivity contribution is -0.127. The summed E-state index contributed by atoms with van der Waals surface area (Å²) in [5.74, 6) is -0.541. The van der Waals surface area contributed by atoms with Crippen molar-refractivity contribution in [1.29, 1.82) is 0 Å². The molecule has 9 heteroatoms. The lowest BCUT2D eigenvalue weighted by Gasteiger charge is -2.22. The van der Waals surface area contributed by atoms with Crippen LogP contribution in [0.3, 0.4) is 0 Å². The van der Waals surface area contributed by atoms with E-state index in [1.54, 1.807) is 28.8 Å². The molecular weight excluding hydrogens is 388 g/mol. The highest BCUT2D eigenvalue weighted by Gasteiger charge is 2.35. The first-order valence-corrected chi connectivity index (χ1v) is 10.2. The molecule has 1 aliphatic heterocycles. The number of hydrogen-bond acceptors (Lipinski definition) is 5. The number of carbonyl (C=O) groups is 2. The Morgan fingerprint density at radius 2 is 1.89 bits per heavy atom. The molecule has 0 bridgehead atoms. The molecule has 4 rings (SSSR count). The number of rotatable bonds is 4. The highest BCUT2D eigenvalue weighted by atomic mass is 35.5. The third-order valence-electron chi connectivity index (χ3n) is 4.81. The molecule has 0 spiro atoms. The van der Waals surface area contributed by atoms with Gasteiger partial charge in [0.2, 0.25) is 5.91 Å². The van der Waals surface area contributed by atoms with Crippen LogP contribution in [0.5, 0.6) is 0 Å². The lowest BCUT2D eigenvalue weighted by Crippen LogP contribution is -2.41. The van der Waals surface area contributed by atoms with E-state index in [1.807, 2.05) is 0 Å². The quantitative estimate of drug-likeness (QED) is 0.789. The Bertz CT molecular complexity index is 919. The topological polar surface area (TPSA) is 88.1 Å². The Labute approximate surface area is 165 Å². The standard InChI is InChI=1S/C18H19ClN4O3S/c19-12-6-4-11(5-7-12)15(24)22-10-2-1-3-14(16(22)25)27-18-21-20-17(26)23(18)13-8-9-13/h4-7,13-14H,1-3,8-10H2,(H,20,26)/t14-/m0/s1. The maximum Gasteiger partial charge on any atom is 0.344 e. The van der Waals surface area contributed by atoms with E-state index in [1.165, 1.54) is 16.7 Å². The third-order valence-corrected chi connectivity index (χ3v) is 6.28. The number of H-pyrrole nitrogens is 1. The minimum absolute atomic E-state index is 0.173. The normalized spacial score (nSPS) is 20.6. The zero-order valence-electron chi connectivity index (χ0n) is 14.6. The molecule has 27 heavy (non-hydrogen) atoms. The Morgan fingerprint density at radius 1 is 1.15 bits per heavy atom. The van der Waals surface area contributed by atoms with Crippen molar-refractivity contribution in [1.82, 2.24) is 19.7 Å². The molecule has 1 aliphatic carbocycles. The molecule has 7 nitrogen and oxygen atoms in total. The number of nitrogens with one attached hydrogen (secondary N) is 1. The first-order chi connectivity index (χ1) is 13.0. The van der Waals surface area contributed by atoms with Crippen molar-refractivity contribution in [3.05, 3.63) is 45.3 Å². The van der Waals surface area contributed by atoms with E-state index < -0.39 is 5.25 Å². The van der Waals surface area contributed by atoms with Crippen LogP contribution in [0.2, 0.25) is 5.02 Å². The lowest BCUT2D eigenvalue weighted by atomic mass is 10.2. The molecule has 1 aromatic heterocycles. The molecule has 0 unspecified atom stereocenters. The predicted molar refractivity (Wildman–Crippen MR) is 102 cm³/mol. The number of imide groups is 1. The van der Waals surface area contributed by atoms with Crippen molar-refractivity contribution in [2.24, 2.45) is 0 Å². The van der Waals surface area contributed by atoms with Crippen LogP contribution in [0.4, 0.5) is 0 Å². The van der Waals surface area contributed by atoms with Gasteiger partial charge in [0, 0.05) is 23.2 Å². The average Bonchev–Trinajstić information content (AvgIpc) is 3.45. The van der Waals surface area contributed by atoms with Crippen LogP contribution in [-0.4, -0.2) is 43.3 Å². The number of thioether (sulfide) groups is 1. The average molecular weight is 407 g/mol. The number of nitrogens with zero attached hydrogens (tertiary/aromatic N) is 3. The molecule has 1 aromatic carbocycles. The zero-order chi connectivity index (χ0) is 19.0. The van der Waals surface area contributed by atoms with Crippen LogP contribution >= 0.6 is 23.4 Å². The first-order valence-electron chi connectivity index (χ1n) is 8.99. The molecule has 1 saturated carbocycles. The predicted octanol–water partition coefficient (Wildman–Crippen LogP) is 2.87. The number of benzene rings is 1. The molecule has 2 fully saturated rings. The van der Waals surface area contributed by atoms with E-state index in [-0.39, 0.29) is 23.5 Å². The van der Waals surface area contributed by atoms with Crippen LogP contribution in [0.15, 0.2) is 34.2 Å². The monoisotopic (exact) mass is 406 g/mol. The summed E-state index contributed by atoms with van der Waals surface area (Å²) in [4.78, 5) is 39.2. The second kappa shape index (κ2) is 7.52. The van der Waals surface area contributed by atoms with Gasteiger partial charge in [0.15, 0.2) is 5.16 Å². The number of hydrogen-bond donors (Lipinski definition) is 1. The fourth-order valence-electron chi connectivity index (χ4n) is 3.22. The van der Waals surface area contributed by atoms with Crippen molar-refractivity contribution in [3.63, 3.8) is 0 Å². The van der Waals surface area contributed by atoms with Gasteiger partial charge in [-0.2, -0.15) is 0 Å². The van der Waals surface area contributed by atoms with Gasteiger partial charge in [-0.25, -0.2) is 9.89 Å².